The zero-order chi connectivity index (χ0) is 14.2. The second kappa shape index (κ2) is 5.00. The molecule has 1 atom stereocenters. The minimum Gasteiger partial charge on any atom is -0.345 e. The molecule has 3 heterocycles. The van der Waals surface area contributed by atoms with Crippen molar-refractivity contribution in [2.45, 2.75) is 18.9 Å². The van der Waals surface area contributed by atoms with E-state index in [9.17, 15) is 4.79 Å². The SMILES string of the molecule is O=C(c1ccc2nc[nH]c2c1)N1CCCC1c1cccs1. The Balaban J connectivity index is 1.66. The molecule has 21 heavy (non-hydrogen) atoms. The van der Waals surface area contributed by atoms with Crippen molar-refractivity contribution in [2.75, 3.05) is 6.54 Å². The monoisotopic (exact) mass is 297 g/mol. The normalized spacial score (nSPS) is 18.5. The lowest BCUT2D eigenvalue weighted by molar-refractivity contribution is 0.0738. The lowest BCUT2D eigenvalue weighted by atomic mass is 10.1. The Morgan fingerprint density at radius 2 is 2.33 bits per heavy atom. The van der Waals surface area contributed by atoms with Gasteiger partial charge in [0.1, 0.15) is 0 Å². The number of aromatic nitrogens is 2. The first-order valence-corrected chi connectivity index (χ1v) is 7.98. The maximum absolute atomic E-state index is 12.8. The molecule has 1 aliphatic heterocycles. The number of benzene rings is 1. The van der Waals surface area contributed by atoms with E-state index in [1.165, 1.54) is 4.88 Å². The average Bonchev–Trinajstić information content (AvgIpc) is 3.24. The zero-order valence-electron chi connectivity index (χ0n) is 11.5. The van der Waals surface area contributed by atoms with Gasteiger partial charge in [-0.25, -0.2) is 4.98 Å². The Labute approximate surface area is 126 Å². The summed E-state index contributed by atoms with van der Waals surface area (Å²) in [6.45, 7) is 0.836. The van der Waals surface area contributed by atoms with Gasteiger partial charge in [0, 0.05) is 17.0 Å². The minimum absolute atomic E-state index is 0.113. The van der Waals surface area contributed by atoms with Crippen molar-refractivity contribution in [3.05, 3.63) is 52.5 Å². The predicted molar refractivity (Wildman–Crippen MR) is 83.4 cm³/mol. The number of aromatic amines is 1. The Morgan fingerprint density at radius 1 is 1.38 bits per heavy atom. The Hall–Kier alpha value is -2.14. The van der Waals surface area contributed by atoms with Crippen LogP contribution in [0.15, 0.2) is 42.0 Å². The fourth-order valence-corrected chi connectivity index (χ4v) is 3.89. The van der Waals surface area contributed by atoms with Crippen LogP contribution in [0.5, 0.6) is 0 Å². The van der Waals surface area contributed by atoms with Crippen molar-refractivity contribution in [1.29, 1.82) is 0 Å². The zero-order valence-corrected chi connectivity index (χ0v) is 12.3. The van der Waals surface area contributed by atoms with E-state index in [2.05, 4.69) is 27.5 Å². The van der Waals surface area contributed by atoms with E-state index in [1.54, 1.807) is 17.7 Å². The first-order valence-electron chi connectivity index (χ1n) is 7.10. The highest BCUT2D eigenvalue weighted by Gasteiger charge is 2.31. The van der Waals surface area contributed by atoms with Crippen LogP contribution in [0.4, 0.5) is 0 Å². The second-order valence-electron chi connectivity index (χ2n) is 5.31. The largest absolute Gasteiger partial charge is 0.345 e. The molecule has 5 heteroatoms. The number of hydrogen-bond donors (Lipinski definition) is 1. The quantitative estimate of drug-likeness (QED) is 0.785. The van der Waals surface area contributed by atoms with Crippen LogP contribution < -0.4 is 0 Å². The van der Waals surface area contributed by atoms with E-state index in [-0.39, 0.29) is 11.9 Å². The van der Waals surface area contributed by atoms with E-state index in [0.717, 1.165) is 36.0 Å². The van der Waals surface area contributed by atoms with Crippen molar-refractivity contribution in [1.82, 2.24) is 14.9 Å². The molecule has 4 nitrogen and oxygen atoms in total. The van der Waals surface area contributed by atoms with E-state index >= 15 is 0 Å². The third-order valence-corrected chi connectivity index (χ3v) is 5.03. The molecule has 0 spiro atoms. The number of carbonyl (C=O) groups excluding carboxylic acids is 1. The maximum atomic E-state index is 12.8. The van der Waals surface area contributed by atoms with Gasteiger partial charge in [-0.3, -0.25) is 4.79 Å². The molecular weight excluding hydrogens is 282 g/mol. The maximum Gasteiger partial charge on any atom is 0.254 e. The number of amides is 1. The Bertz CT molecular complexity index is 778. The number of rotatable bonds is 2. The molecule has 1 N–H and O–H groups in total. The summed E-state index contributed by atoms with van der Waals surface area (Å²) in [6.07, 6.45) is 3.78. The molecule has 0 saturated carbocycles. The molecule has 1 saturated heterocycles. The van der Waals surface area contributed by atoms with Gasteiger partial charge in [-0.15, -0.1) is 11.3 Å². The number of thiophene rings is 1. The van der Waals surface area contributed by atoms with Gasteiger partial charge in [0.25, 0.3) is 5.91 Å². The van der Waals surface area contributed by atoms with Crippen LogP contribution in [0.1, 0.15) is 34.1 Å². The number of imidazole rings is 1. The van der Waals surface area contributed by atoms with Crippen LogP contribution in [-0.2, 0) is 0 Å². The summed E-state index contributed by atoms with van der Waals surface area (Å²) >= 11 is 1.73. The predicted octanol–water partition coefficient (Wildman–Crippen LogP) is 3.60. The molecule has 0 bridgehead atoms. The van der Waals surface area contributed by atoms with Crippen molar-refractivity contribution in [2.24, 2.45) is 0 Å². The fourth-order valence-electron chi connectivity index (χ4n) is 3.02. The van der Waals surface area contributed by atoms with Crippen LogP contribution in [0.25, 0.3) is 11.0 Å². The average molecular weight is 297 g/mol. The summed E-state index contributed by atoms with van der Waals surface area (Å²) in [5.41, 5.74) is 2.53. The van der Waals surface area contributed by atoms with Gasteiger partial charge in [-0.05, 0) is 42.5 Å². The number of H-pyrrole nitrogens is 1. The lowest BCUT2D eigenvalue weighted by Gasteiger charge is -2.24. The van der Waals surface area contributed by atoms with E-state index < -0.39 is 0 Å². The van der Waals surface area contributed by atoms with Crippen LogP contribution >= 0.6 is 11.3 Å². The van der Waals surface area contributed by atoms with Gasteiger partial charge in [0.05, 0.1) is 23.4 Å². The highest BCUT2D eigenvalue weighted by atomic mass is 32.1. The first-order chi connectivity index (χ1) is 10.3. The summed E-state index contributed by atoms with van der Waals surface area (Å²) in [5.74, 6) is 0.113. The molecule has 106 valence electrons. The Morgan fingerprint density at radius 3 is 3.19 bits per heavy atom. The first kappa shape index (κ1) is 12.6. The van der Waals surface area contributed by atoms with Gasteiger partial charge in [0.15, 0.2) is 0 Å². The van der Waals surface area contributed by atoms with Gasteiger partial charge in [-0.2, -0.15) is 0 Å². The minimum atomic E-state index is 0.113. The Kier molecular flexibility index (Phi) is 3.00. The summed E-state index contributed by atoms with van der Waals surface area (Å²) in [5, 5.41) is 2.08. The van der Waals surface area contributed by atoms with E-state index in [1.807, 2.05) is 23.1 Å². The number of likely N-dealkylation sites (tertiary alicyclic amines) is 1. The second-order valence-corrected chi connectivity index (χ2v) is 6.29. The summed E-state index contributed by atoms with van der Waals surface area (Å²) in [7, 11) is 0. The molecular formula is C16H15N3OS. The summed E-state index contributed by atoms with van der Waals surface area (Å²) in [6, 6.07) is 10.1. The molecule has 1 fully saturated rings. The van der Waals surface area contributed by atoms with Crippen LogP contribution in [0.2, 0.25) is 0 Å². The topological polar surface area (TPSA) is 49.0 Å². The van der Waals surface area contributed by atoms with Gasteiger partial charge < -0.3 is 9.88 Å². The number of nitrogens with one attached hydrogen (secondary N) is 1. The molecule has 0 radical (unpaired) electrons. The molecule has 0 aliphatic carbocycles. The molecule has 1 aromatic carbocycles. The van der Waals surface area contributed by atoms with Gasteiger partial charge >= 0.3 is 0 Å². The number of hydrogen-bond acceptors (Lipinski definition) is 3. The smallest absolute Gasteiger partial charge is 0.254 e. The number of carbonyl (C=O) groups is 1. The van der Waals surface area contributed by atoms with E-state index in [4.69, 9.17) is 0 Å². The van der Waals surface area contributed by atoms with Crippen molar-refractivity contribution >= 4 is 28.3 Å². The fraction of sp³-hybridized carbons (Fsp3) is 0.250. The molecule has 4 rings (SSSR count). The van der Waals surface area contributed by atoms with Gasteiger partial charge in [0.2, 0.25) is 0 Å². The molecule has 2 aromatic heterocycles. The summed E-state index contributed by atoms with van der Waals surface area (Å²) < 4.78 is 0. The molecule has 1 aliphatic rings. The molecule has 3 aromatic rings. The molecule has 1 amide bonds. The number of nitrogens with zero attached hydrogens (tertiary/aromatic N) is 2. The summed E-state index contributed by atoms with van der Waals surface area (Å²) in [4.78, 5) is 23.4. The standard InChI is InChI=1S/C16H15N3OS/c20-16(11-5-6-12-13(9-11)18-10-17-12)19-7-1-3-14(19)15-4-2-8-21-15/h2,4-6,8-10,14H,1,3,7H2,(H,17,18). The third-order valence-electron chi connectivity index (χ3n) is 4.05. The van der Waals surface area contributed by atoms with Gasteiger partial charge in [-0.1, -0.05) is 6.07 Å². The van der Waals surface area contributed by atoms with Crippen LogP contribution in [0, 0.1) is 0 Å². The van der Waals surface area contributed by atoms with E-state index in [0.29, 0.717) is 0 Å². The van der Waals surface area contributed by atoms with Crippen molar-refractivity contribution in [3.63, 3.8) is 0 Å². The lowest BCUT2D eigenvalue weighted by Crippen LogP contribution is -2.30. The highest BCUT2D eigenvalue weighted by molar-refractivity contribution is 7.10. The van der Waals surface area contributed by atoms with Crippen molar-refractivity contribution < 1.29 is 4.79 Å². The van der Waals surface area contributed by atoms with Crippen molar-refractivity contribution in [3.8, 4) is 0 Å². The molecule has 1 unspecified atom stereocenters. The van der Waals surface area contributed by atoms with Crippen LogP contribution in [0.3, 0.4) is 0 Å². The highest BCUT2D eigenvalue weighted by Crippen LogP contribution is 2.35. The van der Waals surface area contributed by atoms with Crippen LogP contribution in [-0.4, -0.2) is 27.3 Å². The number of fused-ring (bicyclic) bond motifs is 1. The third kappa shape index (κ3) is 2.14.